The summed E-state index contributed by atoms with van der Waals surface area (Å²) < 4.78 is 31.8. The molecule has 0 aliphatic rings. The number of benzene rings is 1. The largest absolute Gasteiger partial charge is 0.381 e. The van der Waals surface area contributed by atoms with Gasteiger partial charge in [-0.05, 0) is 35.0 Å². The van der Waals surface area contributed by atoms with Crippen LogP contribution in [0.4, 0.5) is 8.78 Å². The quantitative estimate of drug-likeness (QED) is 0.628. The molecule has 5 heteroatoms. The molecule has 1 aromatic carbocycles. The van der Waals surface area contributed by atoms with Crippen LogP contribution < -0.4 is 0 Å². The number of carbonyl (C=O) groups excluding carboxylic acids is 1. The average molecular weight is 293 g/mol. The van der Waals surface area contributed by atoms with Crippen molar-refractivity contribution in [2.24, 2.45) is 0 Å². The van der Waals surface area contributed by atoms with Crippen LogP contribution in [0.5, 0.6) is 0 Å². The van der Waals surface area contributed by atoms with Gasteiger partial charge in [0, 0.05) is 13.5 Å². The molecule has 0 aliphatic heterocycles. The molecule has 16 heavy (non-hydrogen) atoms. The molecule has 88 valence electrons. The lowest BCUT2D eigenvalue weighted by atomic mass is 10.0. The van der Waals surface area contributed by atoms with Crippen LogP contribution in [0.1, 0.15) is 23.7 Å². The van der Waals surface area contributed by atoms with E-state index in [4.69, 9.17) is 4.74 Å². The van der Waals surface area contributed by atoms with Crippen molar-refractivity contribution >= 4 is 21.7 Å². The van der Waals surface area contributed by atoms with Crippen LogP contribution in [0.3, 0.4) is 0 Å². The Morgan fingerprint density at radius 2 is 2.12 bits per heavy atom. The highest BCUT2D eigenvalue weighted by Gasteiger charge is 2.21. The summed E-state index contributed by atoms with van der Waals surface area (Å²) in [4.78, 5) is 11.6. The van der Waals surface area contributed by atoms with Crippen molar-refractivity contribution in [2.75, 3.05) is 7.11 Å². The molecule has 0 amide bonds. The van der Waals surface area contributed by atoms with E-state index < -0.39 is 23.0 Å². The molecule has 1 aromatic rings. The second-order valence-electron chi connectivity index (χ2n) is 3.39. The maximum Gasteiger partial charge on any atom is 0.171 e. The predicted molar refractivity (Wildman–Crippen MR) is 59.5 cm³/mol. The highest BCUT2D eigenvalue weighted by atomic mass is 79.9. The summed E-state index contributed by atoms with van der Waals surface area (Å²) >= 11 is 2.91. The van der Waals surface area contributed by atoms with Gasteiger partial charge >= 0.3 is 0 Å². The topological polar surface area (TPSA) is 26.3 Å². The highest BCUT2D eigenvalue weighted by Crippen LogP contribution is 2.23. The summed E-state index contributed by atoms with van der Waals surface area (Å²) in [7, 11) is 1.44. The number of Topliss-reactive ketones (excluding diaryl/α,β-unsaturated/α-hetero) is 1. The first-order valence-electron chi connectivity index (χ1n) is 4.66. The Morgan fingerprint density at radius 3 is 2.69 bits per heavy atom. The molecule has 0 spiro atoms. The van der Waals surface area contributed by atoms with Gasteiger partial charge in [-0.1, -0.05) is 0 Å². The van der Waals surface area contributed by atoms with Crippen LogP contribution in [-0.4, -0.2) is 19.0 Å². The fraction of sp³-hybridized carbons (Fsp3) is 0.364. The van der Waals surface area contributed by atoms with E-state index in [0.29, 0.717) is 0 Å². The Bertz CT molecular complexity index is 407. The molecular weight excluding hydrogens is 282 g/mol. The molecule has 0 heterocycles. The number of methoxy groups -OCH3 is 1. The number of carbonyl (C=O) groups is 1. The molecule has 1 unspecified atom stereocenters. The third kappa shape index (κ3) is 2.86. The second-order valence-corrected chi connectivity index (χ2v) is 4.25. The summed E-state index contributed by atoms with van der Waals surface area (Å²) in [6.45, 7) is 1.66. The number of hydrogen-bond donors (Lipinski definition) is 0. The molecule has 0 aliphatic carbocycles. The number of hydrogen-bond acceptors (Lipinski definition) is 2. The highest BCUT2D eigenvalue weighted by molar-refractivity contribution is 9.10. The zero-order valence-electron chi connectivity index (χ0n) is 8.89. The van der Waals surface area contributed by atoms with Gasteiger partial charge < -0.3 is 4.74 Å². The van der Waals surface area contributed by atoms with E-state index in [1.54, 1.807) is 6.92 Å². The Morgan fingerprint density at radius 1 is 1.50 bits per heavy atom. The standard InChI is InChI=1S/C11H11BrF2O2/c1-6(16-2)5-9(15)10-8(13)4-3-7(12)11(10)14/h3-4,6H,5H2,1-2H3. The number of ether oxygens (including phenoxy) is 1. The molecule has 0 fully saturated rings. The molecular formula is C11H11BrF2O2. The maximum atomic E-state index is 13.5. The maximum absolute atomic E-state index is 13.5. The molecule has 0 saturated carbocycles. The Hall–Kier alpha value is -0.810. The molecule has 0 N–H and O–H groups in total. The summed E-state index contributed by atoms with van der Waals surface area (Å²) in [6.07, 6.45) is -0.425. The van der Waals surface area contributed by atoms with Crippen molar-refractivity contribution in [2.45, 2.75) is 19.4 Å². The van der Waals surface area contributed by atoms with Gasteiger partial charge in [-0.15, -0.1) is 0 Å². The summed E-state index contributed by atoms with van der Waals surface area (Å²) in [5.74, 6) is -2.33. The minimum atomic E-state index is -0.867. The molecule has 2 nitrogen and oxygen atoms in total. The van der Waals surface area contributed by atoms with Crippen molar-refractivity contribution < 1.29 is 18.3 Å². The van der Waals surface area contributed by atoms with E-state index >= 15 is 0 Å². The van der Waals surface area contributed by atoms with Crippen molar-refractivity contribution in [1.29, 1.82) is 0 Å². The van der Waals surface area contributed by atoms with Gasteiger partial charge in [0.2, 0.25) is 0 Å². The molecule has 0 bridgehead atoms. The van der Waals surface area contributed by atoms with Gasteiger partial charge in [-0.3, -0.25) is 4.79 Å². The summed E-state index contributed by atoms with van der Waals surface area (Å²) in [5.41, 5.74) is -0.515. The van der Waals surface area contributed by atoms with Gasteiger partial charge in [0.05, 0.1) is 16.1 Å². The van der Waals surface area contributed by atoms with Crippen LogP contribution in [0, 0.1) is 11.6 Å². The zero-order valence-corrected chi connectivity index (χ0v) is 10.5. The minimum Gasteiger partial charge on any atom is -0.381 e. The van der Waals surface area contributed by atoms with Crippen molar-refractivity contribution in [1.82, 2.24) is 0 Å². The monoisotopic (exact) mass is 292 g/mol. The van der Waals surface area contributed by atoms with E-state index in [-0.39, 0.29) is 17.0 Å². The van der Waals surface area contributed by atoms with Gasteiger partial charge in [0.25, 0.3) is 0 Å². The first-order chi connectivity index (χ1) is 7.47. The Kier molecular flexibility index (Phi) is 4.56. The van der Waals surface area contributed by atoms with Crippen molar-refractivity contribution in [3.8, 4) is 0 Å². The lowest BCUT2D eigenvalue weighted by molar-refractivity contribution is 0.0785. The zero-order chi connectivity index (χ0) is 12.3. The molecule has 0 aromatic heterocycles. The Balaban J connectivity index is 3.03. The first-order valence-corrected chi connectivity index (χ1v) is 5.46. The number of rotatable bonds is 4. The van der Waals surface area contributed by atoms with Crippen molar-refractivity contribution in [3.05, 3.63) is 33.8 Å². The van der Waals surface area contributed by atoms with Crippen LogP contribution >= 0.6 is 15.9 Å². The fourth-order valence-electron chi connectivity index (χ4n) is 1.23. The van der Waals surface area contributed by atoms with Crippen LogP contribution in [0.15, 0.2) is 16.6 Å². The van der Waals surface area contributed by atoms with Crippen LogP contribution in [-0.2, 0) is 4.74 Å². The third-order valence-corrected chi connectivity index (χ3v) is 2.81. The number of halogens is 3. The molecule has 1 rings (SSSR count). The van der Waals surface area contributed by atoms with Gasteiger partial charge in [-0.2, -0.15) is 0 Å². The Labute approximate surface area is 101 Å². The normalized spacial score (nSPS) is 12.6. The van der Waals surface area contributed by atoms with Crippen molar-refractivity contribution in [3.63, 3.8) is 0 Å². The van der Waals surface area contributed by atoms with Gasteiger partial charge in [-0.25, -0.2) is 8.78 Å². The second kappa shape index (κ2) is 5.50. The van der Waals surface area contributed by atoms with Gasteiger partial charge in [0.15, 0.2) is 11.6 Å². The predicted octanol–water partition coefficient (Wildman–Crippen LogP) is 3.34. The van der Waals surface area contributed by atoms with Crippen LogP contribution in [0.2, 0.25) is 0 Å². The van der Waals surface area contributed by atoms with E-state index in [2.05, 4.69) is 15.9 Å². The van der Waals surface area contributed by atoms with Crippen LogP contribution in [0.25, 0.3) is 0 Å². The fourth-order valence-corrected chi connectivity index (χ4v) is 1.56. The average Bonchev–Trinajstić information content (AvgIpc) is 2.24. The molecule has 0 radical (unpaired) electrons. The van der Waals surface area contributed by atoms with E-state index in [1.807, 2.05) is 0 Å². The van der Waals surface area contributed by atoms with Gasteiger partial charge in [0.1, 0.15) is 5.82 Å². The lowest BCUT2D eigenvalue weighted by Crippen LogP contribution is -2.15. The van der Waals surface area contributed by atoms with E-state index in [1.165, 1.54) is 13.2 Å². The first kappa shape index (κ1) is 13.3. The smallest absolute Gasteiger partial charge is 0.171 e. The molecule has 0 saturated heterocycles. The minimum absolute atomic E-state index is 0.0548. The van der Waals surface area contributed by atoms with E-state index in [9.17, 15) is 13.6 Å². The SMILES string of the molecule is COC(C)CC(=O)c1c(F)ccc(Br)c1F. The summed E-state index contributed by atoms with van der Waals surface area (Å²) in [6, 6.07) is 2.28. The number of ketones is 1. The molecule has 1 atom stereocenters. The summed E-state index contributed by atoms with van der Waals surface area (Å²) in [5, 5.41) is 0. The van der Waals surface area contributed by atoms with E-state index in [0.717, 1.165) is 6.07 Å². The lowest BCUT2D eigenvalue weighted by Gasteiger charge is -2.09. The third-order valence-electron chi connectivity index (χ3n) is 2.20.